The van der Waals surface area contributed by atoms with Gasteiger partial charge in [-0.15, -0.1) is 0 Å². The van der Waals surface area contributed by atoms with Crippen molar-refractivity contribution in [1.29, 1.82) is 0 Å². The molecule has 5 rings (SSSR count). The van der Waals surface area contributed by atoms with Crippen LogP contribution < -0.4 is 14.6 Å². The Balaban J connectivity index is 1.80. The fourth-order valence-electron chi connectivity index (χ4n) is 4.84. The van der Waals surface area contributed by atoms with E-state index in [1.54, 1.807) is 41.2 Å². The second kappa shape index (κ2) is 9.50. The van der Waals surface area contributed by atoms with E-state index >= 15 is 0 Å². The maximum absolute atomic E-state index is 14.0. The molecule has 0 fully saturated rings. The van der Waals surface area contributed by atoms with Crippen LogP contribution in [0, 0.1) is 20.8 Å². The van der Waals surface area contributed by atoms with Crippen LogP contribution in [0.25, 0.3) is 17.0 Å². The van der Waals surface area contributed by atoms with Crippen molar-refractivity contribution in [2.75, 3.05) is 4.90 Å². The maximum atomic E-state index is 14.0. The van der Waals surface area contributed by atoms with Gasteiger partial charge in [0.25, 0.3) is 11.6 Å². The Bertz CT molecular complexity index is 1570. The van der Waals surface area contributed by atoms with Crippen LogP contribution in [-0.2, 0) is 16.0 Å². The number of hydrogen-bond donors (Lipinski definition) is 0. The lowest BCUT2D eigenvalue weighted by molar-refractivity contribution is -0.577. The van der Waals surface area contributed by atoms with Crippen molar-refractivity contribution < 1.29 is 19.3 Å². The number of benzene rings is 2. The lowest BCUT2D eigenvalue weighted by Crippen LogP contribution is -2.39. The normalized spacial score (nSPS) is 13.7. The molecule has 0 unspecified atom stereocenters. The minimum absolute atomic E-state index is 0.0777. The number of rotatable bonds is 6. The van der Waals surface area contributed by atoms with Crippen molar-refractivity contribution in [3.8, 4) is 11.6 Å². The van der Waals surface area contributed by atoms with Gasteiger partial charge in [0, 0.05) is 17.2 Å². The molecule has 186 valence electrons. The molecule has 0 bridgehead atoms. The van der Waals surface area contributed by atoms with Gasteiger partial charge < -0.3 is 5.11 Å². The van der Waals surface area contributed by atoms with Crippen molar-refractivity contribution in [3.05, 3.63) is 101 Å². The summed E-state index contributed by atoms with van der Waals surface area (Å²) < 4.78 is 3.00. The van der Waals surface area contributed by atoms with Gasteiger partial charge in [-0.25, -0.2) is 9.58 Å². The summed E-state index contributed by atoms with van der Waals surface area (Å²) in [6, 6.07) is 18.3. The predicted octanol–water partition coefficient (Wildman–Crippen LogP) is 4.05. The summed E-state index contributed by atoms with van der Waals surface area (Å²) in [6.45, 7) is 7.82. The average molecular weight is 493 g/mol. The third kappa shape index (κ3) is 4.12. The number of amides is 2. The molecule has 0 spiro atoms. The smallest absolute Gasteiger partial charge is 0.331 e. The fourth-order valence-corrected chi connectivity index (χ4v) is 4.84. The third-order valence-electron chi connectivity index (χ3n) is 6.51. The van der Waals surface area contributed by atoms with Crippen LogP contribution in [0.4, 0.5) is 5.69 Å². The van der Waals surface area contributed by atoms with Crippen molar-refractivity contribution >= 4 is 28.8 Å². The quantitative estimate of drug-likeness (QED) is 0.300. The summed E-state index contributed by atoms with van der Waals surface area (Å²) in [5.74, 6) is -1.43. The zero-order valence-corrected chi connectivity index (χ0v) is 21.4. The SMILES string of the molecule is CCCc1nn(-c2ccc(C)cc2C)c([O-])c1C1=C([n+]2cccc(C)c2)C(=O)N(c2ccccc2)C1=O. The first-order chi connectivity index (χ1) is 17.8. The van der Waals surface area contributed by atoms with Crippen LogP contribution in [0.3, 0.4) is 0 Å². The molecule has 0 aliphatic carbocycles. The highest BCUT2D eigenvalue weighted by atomic mass is 16.3. The molecule has 0 radical (unpaired) electrons. The third-order valence-corrected chi connectivity index (χ3v) is 6.51. The molecule has 1 aliphatic heterocycles. The van der Waals surface area contributed by atoms with Gasteiger partial charge in [0.15, 0.2) is 12.4 Å². The van der Waals surface area contributed by atoms with E-state index in [1.165, 1.54) is 4.68 Å². The van der Waals surface area contributed by atoms with Gasteiger partial charge in [0.2, 0.25) is 0 Å². The van der Waals surface area contributed by atoms with E-state index in [9.17, 15) is 14.7 Å². The highest BCUT2D eigenvalue weighted by molar-refractivity contribution is 6.53. The molecule has 2 aromatic carbocycles. The number of carbonyl (C=O) groups excluding carboxylic acids is 2. The van der Waals surface area contributed by atoms with Gasteiger partial charge in [-0.2, -0.15) is 9.67 Å². The van der Waals surface area contributed by atoms with Crippen LogP contribution in [0.2, 0.25) is 0 Å². The van der Waals surface area contributed by atoms with Gasteiger partial charge >= 0.3 is 5.91 Å². The Morgan fingerprint density at radius 3 is 2.35 bits per heavy atom. The van der Waals surface area contributed by atoms with Crippen molar-refractivity contribution in [2.24, 2.45) is 0 Å². The molecule has 7 nitrogen and oxygen atoms in total. The standard InChI is InChI=1S/C30H28N4O3/c1-5-10-23-25(29(36)34(31-23)24-15-14-19(2)17-21(24)4)26-27(32-16-9-11-20(3)18-32)30(37)33(28(26)35)22-12-7-6-8-13-22/h6-9,11-18H,5,10H2,1-4H3. The van der Waals surface area contributed by atoms with E-state index < -0.39 is 17.7 Å². The fraction of sp³-hybridized carbons (Fsp3) is 0.200. The second-order valence-corrected chi connectivity index (χ2v) is 9.37. The van der Waals surface area contributed by atoms with Crippen LogP contribution in [0.5, 0.6) is 5.88 Å². The molecular weight excluding hydrogens is 464 g/mol. The monoisotopic (exact) mass is 492 g/mol. The number of anilines is 1. The summed E-state index contributed by atoms with van der Waals surface area (Å²) in [7, 11) is 0. The largest absolute Gasteiger partial charge is 0.858 e. The summed E-state index contributed by atoms with van der Waals surface area (Å²) >= 11 is 0. The summed E-state index contributed by atoms with van der Waals surface area (Å²) in [5, 5.41) is 18.7. The molecule has 1 aliphatic rings. The van der Waals surface area contributed by atoms with Crippen molar-refractivity contribution in [3.63, 3.8) is 0 Å². The Morgan fingerprint density at radius 1 is 0.919 bits per heavy atom. The van der Waals surface area contributed by atoms with E-state index in [2.05, 4.69) is 5.10 Å². The molecule has 37 heavy (non-hydrogen) atoms. The van der Waals surface area contributed by atoms with E-state index in [1.807, 2.05) is 64.1 Å². The highest BCUT2D eigenvalue weighted by Gasteiger charge is 2.47. The van der Waals surface area contributed by atoms with E-state index in [-0.39, 0.29) is 16.8 Å². The predicted molar refractivity (Wildman–Crippen MR) is 140 cm³/mol. The summed E-state index contributed by atoms with van der Waals surface area (Å²) in [6.07, 6.45) is 4.72. The lowest BCUT2D eigenvalue weighted by atomic mass is 10.0. The number of imide groups is 1. The molecule has 0 N–H and O–H groups in total. The first kappa shape index (κ1) is 24.2. The van der Waals surface area contributed by atoms with Gasteiger partial charge in [-0.05, 0) is 62.9 Å². The number of pyridine rings is 1. The minimum atomic E-state index is -0.533. The van der Waals surface area contributed by atoms with E-state index in [0.717, 1.165) is 28.0 Å². The van der Waals surface area contributed by atoms with Crippen LogP contribution in [0.15, 0.2) is 73.1 Å². The Morgan fingerprint density at radius 2 is 1.68 bits per heavy atom. The number of carbonyl (C=O) groups is 2. The summed E-state index contributed by atoms with van der Waals surface area (Å²) in [4.78, 5) is 29.0. The van der Waals surface area contributed by atoms with Crippen LogP contribution in [0.1, 0.15) is 41.3 Å². The number of para-hydroxylation sites is 1. The van der Waals surface area contributed by atoms with E-state index in [4.69, 9.17) is 0 Å². The number of aromatic nitrogens is 3. The van der Waals surface area contributed by atoms with Crippen molar-refractivity contribution in [1.82, 2.24) is 9.78 Å². The van der Waals surface area contributed by atoms with Crippen LogP contribution in [-0.4, -0.2) is 21.6 Å². The Labute approximate surface area is 215 Å². The zero-order valence-electron chi connectivity index (χ0n) is 21.4. The van der Waals surface area contributed by atoms with Crippen molar-refractivity contribution in [2.45, 2.75) is 40.5 Å². The molecule has 7 heteroatoms. The average Bonchev–Trinajstić information content (AvgIpc) is 3.31. The first-order valence-electron chi connectivity index (χ1n) is 12.3. The van der Waals surface area contributed by atoms with Gasteiger partial charge in [-0.1, -0.05) is 49.2 Å². The first-order valence-corrected chi connectivity index (χ1v) is 12.3. The molecule has 3 heterocycles. The molecule has 2 amide bonds. The molecule has 4 aromatic rings. The number of aryl methyl sites for hydroxylation is 4. The molecule has 0 saturated carbocycles. The highest BCUT2D eigenvalue weighted by Crippen LogP contribution is 2.39. The van der Waals surface area contributed by atoms with E-state index in [0.29, 0.717) is 23.5 Å². The van der Waals surface area contributed by atoms with Gasteiger partial charge in [0.05, 0.1) is 17.1 Å². The molecule has 2 aromatic heterocycles. The van der Waals surface area contributed by atoms with Gasteiger partial charge in [-0.3, -0.25) is 9.59 Å². The molecule has 0 atom stereocenters. The summed E-state index contributed by atoms with van der Waals surface area (Å²) in [5.41, 5.74) is 4.90. The lowest BCUT2D eigenvalue weighted by Gasteiger charge is -2.16. The van der Waals surface area contributed by atoms with Crippen LogP contribution >= 0.6 is 0 Å². The molecular formula is C30H28N4O3. The van der Waals surface area contributed by atoms with Gasteiger partial charge in [0.1, 0.15) is 5.57 Å². The Hall–Kier alpha value is -4.52. The maximum Gasteiger partial charge on any atom is 0.331 e. The second-order valence-electron chi connectivity index (χ2n) is 9.37. The number of hydrogen-bond acceptors (Lipinski definition) is 4. The minimum Gasteiger partial charge on any atom is -0.858 e. The zero-order chi connectivity index (χ0) is 26.3. The topological polar surface area (TPSA) is 82.1 Å². The Kier molecular flexibility index (Phi) is 6.21. The molecule has 0 saturated heterocycles. The number of nitrogens with zero attached hydrogens (tertiary/aromatic N) is 4.